The SMILES string of the molecule is CC1CCCC(C)(C)C1(C)/C=C/C1(C)OC1C(=O)O. The van der Waals surface area contributed by atoms with E-state index in [1.54, 1.807) is 0 Å². The first kappa shape index (κ1) is 14.6. The highest BCUT2D eigenvalue weighted by molar-refractivity contribution is 5.77. The van der Waals surface area contributed by atoms with Crippen LogP contribution in [0.1, 0.15) is 53.9 Å². The Morgan fingerprint density at radius 1 is 1.26 bits per heavy atom. The van der Waals surface area contributed by atoms with E-state index >= 15 is 0 Å². The van der Waals surface area contributed by atoms with Gasteiger partial charge >= 0.3 is 5.97 Å². The summed E-state index contributed by atoms with van der Waals surface area (Å²) in [6.07, 6.45) is 7.27. The van der Waals surface area contributed by atoms with Crippen LogP contribution in [-0.4, -0.2) is 22.8 Å². The van der Waals surface area contributed by atoms with Crippen LogP contribution < -0.4 is 0 Å². The normalized spacial score (nSPS) is 45.3. The topological polar surface area (TPSA) is 49.8 Å². The second-order valence-corrected chi connectivity index (χ2v) is 7.31. The van der Waals surface area contributed by atoms with Gasteiger partial charge in [-0.2, -0.15) is 0 Å². The highest BCUT2D eigenvalue weighted by Gasteiger charge is 2.56. The van der Waals surface area contributed by atoms with Crippen molar-refractivity contribution < 1.29 is 14.6 Å². The number of aliphatic carboxylic acids is 1. The summed E-state index contributed by atoms with van der Waals surface area (Å²) in [6, 6.07) is 0. The third kappa shape index (κ3) is 2.33. The number of rotatable bonds is 3. The maximum absolute atomic E-state index is 10.9. The first-order valence-corrected chi connectivity index (χ1v) is 7.23. The van der Waals surface area contributed by atoms with Gasteiger partial charge in [-0.1, -0.05) is 46.3 Å². The van der Waals surface area contributed by atoms with Gasteiger partial charge in [0, 0.05) is 0 Å². The number of carboxylic acid groups (broad SMARTS) is 1. The van der Waals surface area contributed by atoms with E-state index in [0.717, 1.165) is 0 Å². The van der Waals surface area contributed by atoms with E-state index in [4.69, 9.17) is 9.84 Å². The molecule has 1 aliphatic carbocycles. The fraction of sp³-hybridized carbons (Fsp3) is 0.812. The van der Waals surface area contributed by atoms with E-state index < -0.39 is 17.7 Å². The van der Waals surface area contributed by atoms with Gasteiger partial charge in [-0.15, -0.1) is 0 Å². The fourth-order valence-electron chi connectivity index (χ4n) is 3.46. The summed E-state index contributed by atoms with van der Waals surface area (Å²) in [7, 11) is 0. The number of carbonyl (C=O) groups is 1. The molecule has 3 nitrogen and oxygen atoms in total. The summed E-state index contributed by atoms with van der Waals surface area (Å²) in [5, 5.41) is 8.99. The van der Waals surface area contributed by atoms with Crippen molar-refractivity contribution in [1.29, 1.82) is 0 Å². The molecule has 1 heterocycles. The van der Waals surface area contributed by atoms with Crippen LogP contribution in [0.15, 0.2) is 12.2 Å². The van der Waals surface area contributed by atoms with Gasteiger partial charge in [0.2, 0.25) is 0 Å². The largest absolute Gasteiger partial charge is 0.479 e. The molecule has 2 aliphatic rings. The number of hydrogen-bond acceptors (Lipinski definition) is 2. The van der Waals surface area contributed by atoms with E-state index in [2.05, 4.69) is 33.8 Å². The van der Waals surface area contributed by atoms with E-state index in [-0.39, 0.29) is 10.8 Å². The van der Waals surface area contributed by atoms with Gasteiger partial charge in [0.25, 0.3) is 0 Å². The minimum absolute atomic E-state index is 0.100. The van der Waals surface area contributed by atoms with E-state index in [1.165, 1.54) is 19.3 Å². The maximum atomic E-state index is 10.9. The number of ether oxygens (including phenoxy) is 1. The Morgan fingerprint density at radius 2 is 1.89 bits per heavy atom. The highest BCUT2D eigenvalue weighted by atomic mass is 16.6. The molecule has 4 unspecified atom stereocenters. The van der Waals surface area contributed by atoms with Crippen LogP contribution in [0.3, 0.4) is 0 Å². The van der Waals surface area contributed by atoms with Crippen LogP contribution in [0.25, 0.3) is 0 Å². The molecular formula is C16H26O3. The van der Waals surface area contributed by atoms with E-state index in [0.29, 0.717) is 5.92 Å². The van der Waals surface area contributed by atoms with Crippen LogP contribution >= 0.6 is 0 Å². The molecular weight excluding hydrogens is 240 g/mol. The molecule has 0 aromatic carbocycles. The zero-order chi connectivity index (χ0) is 14.5. The summed E-state index contributed by atoms with van der Waals surface area (Å²) < 4.78 is 5.32. The first-order chi connectivity index (χ1) is 8.62. The van der Waals surface area contributed by atoms with Crippen molar-refractivity contribution in [2.75, 3.05) is 0 Å². The molecule has 1 saturated carbocycles. The number of carboxylic acids is 1. The molecule has 2 fully saturated rings. The van der Waals surface area contributed by atoms with Gasteiger partial charge in [0.15, 0.2) is 6.10 Å². The third-order valence-electron chi connectivity index (χ3n) is 5.74. The quantitative estimate of drug-likeness (QED) is 0.626. The Labute approximate surface area is 116 Å². The standard InChI is InChI=1S/C16H26O3/c1-11-7-6-8-14(2,3)15(11,4)9-10-16(5)12(19-16)13(17)18/h9-12H,6-8H2,1-5H3,(H,17,18)/b10-9+. The summed E-state index contributed by atoms with van der Waals surface area (Å²) in [4.78, 5) is 10.9. The van der Waals surface area contributed by atoms with Crippen molar-refractivity contribution >= 4 is 5.97 Å². The van der Waals surface area contributed by atoms with Gasteiger partial charge in [0.1, 0.15) is 5.60 Å². The average molecular weight is 266 g/mol. The Kier molecular flexibility index (Phi) is 3.33. The Hall–Kier alpha value is -0.830. The molecule has 0 radical (unpaired) electrons. The summed E-state index contributed by atoms with van der Waals surface area (Å²) in [6.45, 7) is 11.1. The zero-order valence-corrected chi connectivity index (χ0v) is 12.7. The third-order valence-corrected chi connectivity index (χ3v) is 5.74. The molecule has 1 aliphatic heterocycles. The lowest BCUT2D eigenvalue weighted by Gasteiger charge is -2.51. The predicted octanol–water partition coefficient (Wildman–Crippen LogP) is 3.64. The van der Waals surface area contributed by atoms with Crippen molar-refractivity contribution in [3.05, 3.63) is 12.2 Å². The molecule has 0 amide bonds. The second-order valence-electron chi connectivity index (χ2n) is 7.31. The molecule has 0 aromatic heterocycles. The Morgan fingerprint density at radius 3 is 2.37 bits per heavy atom. The van der Waals surface area contributed by atoms with Crippen LogP contribution in [-0.2, 0) is 9.53 Å². The van der Waals surface area contributed by atoms with E-state index in [1.807, 2.05) is 13.0 Å². The second kappa shape index (κ2) is 4.34. The van der Waals surface area contributed by atoms with Crippen molar-refractivity contribution in [3.8, 4) is 0 Å². The highest BCUT2D eigenvalue weighted by Crippen LogP contribution is 2.55. The molecule has 108 valence electrons. The van der Waals surface area contributed by atoms with Gasteiger partial charge < -0.3 is 9.84 Å². The molecule has 19 heavy (non-hydrogen) atoms. The molecule has 0 spiro atoms. The van der Waals surface area contributed by atoms with Gasteiger partial charge in [-0.3, -0.25) is 0 Å². The molecule has 2 rings (SSSR count). The number of allylic oxidation sites excluding steroid dienone is 1. The van der Waals surface area contributed by atoms with Crippen molar-refractivity contribution in [1.82, 2.24) is 0 Å². The van der Waals surface area contributed by atoms with E-state index in [9.17, 15) is 4.79 Å². The fourth-order valence-corrected chi connectivity index (χ4v) is 3.46. The molecule has 1 N–H and O–H groups in total. The lowest BCUT2D eigenvalue weighted by molar-refractivity contribution is -0.138. The summed E-state index contributed by atoms with van der Waals surface area (Å²) in [5.41, 5.74) is -0.267. The zero-order valence-electron chi connectivity index (χ0n) is 12.7. The van der Waals surface area contributed by atoms with Gasteiger partial charge in [0.05, 0.1) is 0 Å². The minimum atomic E-state index is -0.867. The van der Waals surface area contributed by atoms with Crippen molar-refractivity contribution in [3.63, 3.8) is 0 Å². The predicted molar refractivity (Wildman–Crippen MR) is 75.0 cm³/mol. The van der Waals surface area contributed by atoms with Gasteiger partial charge in [-0.25, -0.2) is 4.79 Å². The smallest absolute Gasteiger partial charge is 0.336 e. The maximum Gasteiger partial charge on any atom is 0.336 e. The molecule has 0 aromatic rings. The summed E-state index contributed by atoms with van der Waals surface area (Å²) in [5.74, 6) is -0.258. The van der Waals surface area contributed by atoms with Crippen LogP contribution in [0.4, 0.5) is 0 Å². The molecule has 4 atom stereocenters. The Bertz CT molecular complexity index is 412. The minimum Gasteiger partial charge on any atom is -0.479 e. The van der Waals surface area contributed by atoms with Crippen LogP contribution in [0, 0.1) is 16.7 Å². The van der Waals surface area contributed by atoms with Crippen LogP contribution in [0.2, 0.25) is 0 Å². The van der Waals surface area contributed by atoms with Gasteiger partial charge in [-0.05, 0) is 36.5 Å². The average Bonchev–Trinajstić information content (AvgIpc) is 2.97. The lowest BCUT2D eigenvalue weighted by atomic mass is 9.54. The number of epoxide rings is 1. The monoisotopic (exact) mass is 266 g/mol. The van der Waals surface area contributed by atoms with Crippen molar-refractivity contribution in [2.24, 2.45) is 16.7 Å². The molecule has 3 heteroatoms. The summed E-state index contributed by atoms with van der Waals surface area (Å²) >= 11 is 0. The van der Waals surface area contributed by atoms with Crippen molar-refractivity contribution in [2.45, 2.75) is 65.6 Å². The lowest BCUT2D eigenvalue weighted by Crippen LogP contribution is -2.42. The first-order valence-electron chi connectivity index (χ1n) is 7.23. The molecule has 1 saturated heterocycles. The molecule has 0 bridgehead atoms. The van der Waals surface area contributed by atoms with Crippen LogP contribution in [0.5, 0.6) is 0 Å². The Balaban J connectivity index is 2.19. The number of hydrogen-bond donors (Lipinski definition) is 1.